The summed E-state index contributed by atoms with van der Waals surface area (Å²) in [6.07, 6.45) is 3.43. The van der Waals surface area contributed by atoms with E-state index in [2.05, 4.69) is 12.2 Å². The van der Waals surface area contributed by atoms with E-state index in [0.29, 0.717) is 25.0 Å². The van der Waals surface area contributed by atoms with Gasteiger partial charge in [-0.15, -0.1) is 0 Å². The SMILES string of the molecule is CC1CCCC1NC(=O)N1CC(C(C)C(=O)O)C1. The molecule has 0 bridgehead atoms. The number of carboxylic acid groups (broad SMARTS) is 1. The minimum absolute atomic E-state index is 0.0254. The molecule has 2 aliphatic rings. The lowest BCUT2D eigenvalue weighted by Crippen LogP contribution is -2.58. The predicted octanol–water partition coefficient (Wildman–Crippen LogP) is 1.54. The van der Waals surface area contributed by atoms with Crippen molar-refractivity contribution in [3.8, 4) is 0 Å². The molecule has 0 radical (unpaired) electrons. The molecule has 2 amide bonds. The summed E-state index contributed by atoms with van der Waals surface area (Å²) < 4.78 is 0. The van der Waals surface area contributed by atoms with Crippen LogP contribution >= 0.6 is 0 Å². The molecule has 2 N–H and O–H groups in total. The Kier molecular flexibility index (Phi) is 3.78. The molecule has 1 heterocycles. The number of carbonyl (C=O) groups is 2. The highest BCUT2D eigenvalue weighted by molar-refractivity contribution is 5.76. The summed E-state index contributed by atoms with van der Waals surface area (Å²) in [4.78, 5) is 24.5. The van der Waals surface area contributed by atoms with Crippen molar-refractivity contribution in [3.05, 3.63) is 0 Å². The largest absolute Gasteiger partial charge is 0.481 e. The topological polar surface area (TPSA) is 69.6 Å². The monoisotopic (exact) mass is 254 g/mol. The van der Waals surface area contributed by atoms with Crippen LogP contribution in [-0.4, -0.2) is 41.1 Å². The Labute approximate surface area is 108 Å². The van der Waals surface area contributed by atoms with Crippen LogP contribution in [0.4, 0.5) is 4.79 Å². The van der Waals surface area contributed by atoms with E-state index >= 15 is 0 Å². The lowest BCUT2D eigenvalue weighted by molar-refractivity contribution is -0.144. The van der Waals surface area contributed by atoms with E-state index in [-0.39, 0.29) is 17.9 Å². The number of rotatable bonds is 3. The normalized spacial score (nSPS) is 29.8. The molecule has 1 saturated heterocycles. The number of urea groups is 1. The van der Waals surface area contributed by atoms with Crippen LogP contribution in [-0.2, 0) is 4.79 Å². The Morgan fingerprint density at radius 2 is 2.00 bits per heavy atom. The maximum absolute atomic E-state index is 11.9. The smallest absolute Gasteiger partial charge is 0.317 e. The Bertz CT molecular complexity index is 339. The van der Waals surface area contributed by atoms with Gasteiger partial charge in [-0.05, 0) is 18.8 Å². The van der Waals surface area contributed by atoms with Gasteiger partial charge in [-0.3, -0.25) is 4.79 Å². The lowest BCUT2D eigenvalue weighted by Gasteiger charge is -2.41. The van der Waals surface area contributed by atoms with Crippen molar-refractivity contribution in [2.24, 2.45) is 17.8 Å². The molecule has 3 unspecified atom stereocenters. The van der Waals surface area contributed by atoms with E-state index in [1.54, 1.807) is 11.8 Å². The number of nitrogens with zero attached hydrogens (tertiary/aromatic N) is 1. The first kappa shape index (κ1) is 13.2. The van der Waals surface area contributed by atoms with Gasteiger partial charge in [-0.2, -0.15) is 0 Å². The molecule has 0 spiro atoms. The van der Waals surface area contributed by atoms with Crippen LogP contribution in [0.3, 0.4) is 0 Å². The molecule has 2 fully saturated rings. The summed E-state index contributed by atoms with van der Waals surface area (Å²) in [5.74, 6) is -0.470. The van der Waals surface area contributed by atoms with Crippen molar-refractivity contribution in [3.63, 3.8) is 0 Å². The van der Waals surface area contributed by atoms with Crippen LogP contribution in [0, 0.1) is 17.8 Å². The van der Waals surface area contributed by atoms with Crippen molar-refractivity contribution >= 4 is 12.0 Å². The maximum Gasteiger partial charge on any atom is 0.317 e. The molecular formula is C13H22N2O3. The minimum Gasteiger partial charge on any atom is -0.481 e. The number of carbonyl (C=O) groups excluding carboxylic acids is 1. The van der Waals surface area contributed by atoms with Crippen LogP contribution in [0.15, 0.2) is 0 Å². The van der Waals surface area contributed by atoms with E-state index in [1.807, 2.05) is 0 Å². The van der Waals surface area contributed by atoms with Crippen molar-refractivity contribution < 1.29 is 14.7 Å². The van der Waals surface area contributed by atoms with E-state index in [4.69, 9.17) is 5.11 Å². The fourth-order valence-corrected chi connectivity index (χ4v) is 2.81. The van der Waals surface area contributed by atoms with Crippen LogP contribution in [0.25, 0.3) is 0 Å². The maximum atomic E-state index is 11.9. The first-order valence-corrected chi connectivity index (χ1v) is 6.77. The molecular weight excluding hydrogens is 232 g/mol. The highest BCUT2D eigenvalue weighted by atomic mass is 16.4. The third kappa shape index (κ3) is 2.60. The number of likely N-dealkylation sites (tertiary alicyclic amines) is 1. The summed E-state index contributed by atoms with van der Waals surface area (Å²) >= 11 is 0. The molecule has 1 aliphatic carbocycles. The second-order valence-corrected chi connectivity index (χ2v) is 5.76. The Morgan fingerprint density at radius 1 is 1.33 bits per heavy atom. The Morgan fingerprint density at radius 3 is 2.50 bits per heavy atom. The number of hydrogen-bond donors (Lipinski definition) is 2. The Balaban J connectivity index is 1.74. The van der Waals surface area contributed by atoms with Crippen molar-refractivity contribution in [2.45, 2.75) is 39.2 Å². The van der Waals surface area contributed by atoms with Gasteiger partial charge in [0.15, 0.2) is 0 Å². The quantitative estimate of drug-likeness (QED) is 0.802. The number of carboxylic acids is 1. The zero-order valence-electron chi connectivity index (χ0n) is 11.1. The van der Waals surface area contributed by atoms with Gasteiger partial charge in [-0.1, -0.05) is 20.3 Å². The molecule has 3 atom stereocenters. The molecule has 0 aromatic rings. The van der Waals surface area contributed by atoms with Crippen LogP contribution in [0.5, 0.6) is 0 Å². The fraction of sp³-hybridized carbons (Fsp3) is 0.846. The van der Waals surface area contributed by atoms with E-state index in [0.717, 1.165) is 6.42 Å². The second kappa shape index (κ2) is 5.16. The van der Waals surface area contributed by atoms with E-state index < -0.39 is 5.97 Å². The molecule has 1 aliphatic heterocycles. The highest BCUT2D eigenvalue weighted by Crippen LogP contribution is 2.27. The summed E-state index contributed by atoms with van der Waals surface area (Å²) in [6, 6.07) is 0.274. The molecule has 1 saturated carbocycles. The average Bonchev–Trinajstić information content (AvgIpc) is 2.62. The van der Waals surface area contributed by atoms with E-state index in [1.165, 1.54) is 12.8 Å². The lowest BCUT2D eigenvalue weighted by atomic mass is 9.87. The van der Waals surface area contributed by atoms with Gasteiger partial charge >= 0.3 is 12.0 Å². The van der Waals surface area contributed by atoms with Crippen molar-refractivity contribution in [1.82, 2.24) is 10.2 Å². The molecule has 0 aromatic heterocycles. The first-order valence-electron chi connectivity index (χ1n) is 6.77. The zero-order valence-corrected chi connectivity index (χ0v) is 11.1. The van der Waals surface area contributed by atoms with Gasteiger partial charge in [0.25, 0.3) is 0 Å². The second-order valence-electron chi connectivity index (χ2n) is 5.76. The molecule has 0 aromatic carbocycles. The van der Waals surface area contributed by atoms with E-state index in [9.17, 15) is 9.59 Å². The Hall–Kier alpha value is -1.26. The van der Waals surface area contributed by atoms with Gasteiger partial charge in [-0.25, -0.2) is 4.79 Å². The number of hydrogen-bond acceptors (Lipinski definition) is 2. The third-order valence-corrected chi connectivity index (χ3v) is 4.46. The van der Waals surface area contributed by atoms with Crippen LogP contribution in [0.2, 0.25) is 0 Å². The standard InChI is InChI=1S/C13H22N2O3/c1-8-4-3-5-11(8)14-13(18)15-6-10(7-15)9(2)12(16)17/h8-11H,3-7H2,1-2H3,(H,14,18)(H,16,17). The van der Waals surface area contributed by atoms with Crippen LogP contribution in [0.1, 0.15) is 33.1 Å². The van der Waals surface area contributed by atoms with Crippen LogP contribution < -0.4 is 5.32 Å². The van der Waals surface area contributed by atoms with Gasteiger partial charge in [0.2, 0.25) is 0 Å². The fourth-order valence-electron chi connectivity index (χ4n) is 2.81. The third-order valence-electron chi connectivity index (χ3n) is 4.46. The molecule has 18 heavy (non-hydrogen) atoms. The summed E-state index contributed by atoms with van der Waals surface area (Å²) in [7, 11) is 0. The molecule has 2 rings (SSSR count). The van der Waals surface area contributed by atoms with Gasteiger partial charge < -0.3 is 15.3 Å². The van der Waals surface area contributed by atoms with Gasteiger partial charge in [0.05, 0.1) is 5.92 Å². The number of aliphatic carboxylic acids is 1. The summed E-state index contributed by atoms with van der Waals surface area (Å²) in [5.41, 5.74) is 0. The van der Waals surface area contributed by atoms with Gasteiger partial charge in [0.1, 0.15) is 0 Å². The molecule has 102 valence electrons. The predicted molar refractivity (Wildman–Crippen MR) is 67.2 cm³/mol. The first-order chi connectivity index (χ1) is 8.49. The average molecular weight is 254 g/mol. The summed E-state index contributed by atoms with van der Waals surface area (Å²) in [5, 5.41) is 11.9. The van der Waals surface area contributed by atoms with Crippen molar-refractivity contribution in [1.29, 1.82) is 0 Å². The molecule has 5 heteroatoms. The number of amides is 2. The highest BCUT2D eigenvalue weighted by Gasteiger charge is 2.38. The minimum atomic E-state index is -0.774. The van der Waals surface area contributed by atoms with Crippen molar-refractivity contribution in [2.75, 3.05) is 13.1 Å². The molecule has 5 nitrogen and oxygen atoms in total. The summed E-state index contributed by atoms with van der Waals surface area (Å²) in [6.45, 7) is 5.02. The number of nitrogens with one attached hydrogen (secondary N) is 1. The zero-order chi connectivity index (χ0) is 13.3. The van der Waals surface area contributed by atoms with Gasteiger partial charge in [0, 0.05) is 25.0 Å².